The minimum absolute atomic E-state index is 0. The molecule has 0 N–H and O–H groups in total. The van der Waals surface area contributed by atoms with Crippen LogP contribution in [0, 0.1) is 14.5 Å². The fraction of sp³-hybridized carbons (Fsp3) is 0.400. The Bertz CT molecular complexity index is 48.4. The van der Waals surface area contributed by atoms with Crippen LogP contribution in [0.4, 0.5) is 0 Å². The van der Waals surface area contributed by atoms with Gasteiger partial charge in [-0.15, -0.1) is 0 Å². The van der Waals surface area contributed by atoms with Gasteiger partial charge in [-0.1, -0.05) is 6.92 Å². The molecule has 0 aliphatic carbocycles. The first-order chi connectivity index (χ1) is 2.81. The fourth-order valence-corrected chi connectivity index (χ4v) is 0.102. The van der Waals surface area contributed by atoms with Crippen molar-refractivity contribution in [2.45, 2.75) is 13.3 Å². The van der Waals surface area contributed by atoms with Crippen molar-refractivity contribution < 1.29 is 42.2 Å². The third-order valence-corrected chi connectivity index (χ3v) is 0.450. The molecule has 2 nitrogen and oxygen atoms in total. The summed E-state index contributed by atoms with van der Waals surface area (Å²) in [5, 5.41) is 0. The van der Waals surface area contributed by atoms with Crippen molar-refractivity contribution in [1.29, 1.82) is 0 Å². The summed E-state index contributed by atoms with van der Waals surface area (Å²) >= 11 is 0. The third-order valence-electron chi connectivity index (χ3n) is 0.450. The maximum Gasteiger partial charge on any atom is 0.273 e. The second-order valence-electron chi connectivity index (χ2n) is 0.870. The molecule has 0 bridgehead atoms. The summed E-state index contributed by atoms with van der Waals surface area (Å²) in [6.45, 7) is 1.72. The number of carbonyl (C=O) groups is 1. The largest absolute Gasteiger partial charge is 0.640 e. The molecule has 0 heterocycles. The number of ether oxygens (including phenoxy) is 1. The van der Waals surface area contributed by atoms with Crippen LogP contribution in [0.25, 0.3) is 0 Å². The van der Waals surface area contributed by atoms with E-state index in [2.05, 4.69) is 11.8 Å². The van der Waals surface area contributed by atoms with Gasteiger partial charge in [0.2, 0.25) is 0 Å². The maximum atomic E-state index is 9.90. The first kappa shape index (κ1) is 15.8. The Morgan fingerprint density at radius 3 is 2.12 bits per heavy atom. The number of carbonyl (C=O) groups excluding carboxylic acids is 1. The van der Waals surface area contributed by atoms with E-state index in [9.17, 15) is 4.79 Å². The SMILES string of the molecule is [CH2-]OC(=O)CC.[CH3-].[Y]. The van der Waals surface area contributed by atoms with Crippen LogP contribution >= 0.6 is 0 Å². The Morgan fingerprint density at radius 2 is 2.12 bits per heavy atom. The van der Waals surface area contributed by atoms with Crippen LogP contribution in [0.15, 0.2) is 0 Å². The van der Waals surface area contributed by atoms with E-state index in [1.54, 1.807) is 6.92 Å². The summed E-state index contributed by atoms with van der Waals surface area (Å²) in [4.78, 5) is 9.90. The predicted octanol–water partition coefficient (Wildman–Crippen LogP) is 1.18. The third kappa shape index (κ3) is 9.76. The van der Waals surface area contributed by atoms with Crippen LogP contribution in [0.3, 0.4) is 0 Å². The summed E-state index contributed by atoms with van der Waals surface area (Å²) in [6, 6.07) is 0. The predicted molar refractivity (Wildman–Crippen MR) is 28.2 cm³/mol. The first-order valence-corrected chi connectivity index (χ1v) is 1.76. The van der Waals surface area contributed by atoms with Crippen molar-refractivity contribution in [3.8, 4) is 0 Å². The molecule has 0 aromatic carbocycles. The summed E-state index contributed by atoms with van der Waals surface area (Å²) in [6.07, 6.45) is 0.406. The Balaban J connectivity index is -0.000000125. The Morgan fingerprint density at radius 1 is 1.75 bits per heavy atom. The average Bonchev–Trinajstić information content (AvgIpc) is 1.65. The van der Waals surface area contributed by atoms with E-state index in [-0.39, 0.29) is 46.1 Å². The van der Waals surface area contributed by atoms with Crippen molar-refractivity contribution in [3.63, 3.8) is 0 Å². The van der Waals surface area contributed by atoms with Crippen LogP contribution in [0.5, 0.6) is 0 Å². The number of hydrogen-bond acceptors (Lipinski definition) is 2. The van der Waals surface area contributed by atoms with E-state index in [0.717, 1.165) is 0 Å². The van der Waals surface area contributed by atoms with Crippen molar-refractivity contribution in [1.82, 2.24) is 0 Å². The molecule has 3 heteroatoms. The van der Waals surface area contributed by atoms with Crippen LogP contribution < -0.4 is 0 Å². The zero-order chi connectivity index (χ0) is 4.99. The monoisotopic (exact) mass is 191 g/mol. The molecule has 0 aliphatic rings. The minimum Gasteiger partial charge on any atom is -0.640 e. The molecule has 0 aromatic rings. The first-order valence-electron chi connectivity index (χ1n) is 1.76. The minimum atomic E-state index is -0.269. The van der Waals surface area contributed by atoms with E-state index in [4.69, 9.17) is 0 Å². The second kappa shape index (κ2) is 10.5. The smallest absolute Gasteiger partial charge is 0.273 e. The van der Waals surface area contributed by atoms with Crippen molar-refractivity contribution in [2.75, 3.05) is 0 Å². The van der Waals surface area contributed by atoms with Gasteiger partial charge in [0.1, 0.15) is 0 Å². The molecular weight excluding hydrogens is 181 g/mol. The second-order valence-corrected chi connectivity index (χ2v) is 0.870. The molecule has 47 valence electrons. The van der Waals surface area contributed by atoms with E-state index < -0.39 is 0 Å². The van der Waals surface area contributed by atoms with E-state index in [0.29, 0.717) is 6.42 Å². The Labute approximate surface area is 75.9 Å². The van der Waals surface area contributed by atoms with Crippen LogP contribution in [-0.2, 0) is 42.2 Å². The number of rotatable bonds is 1. The van der Waals surface area contributed by atoms with Gasteiger partial charge in [0, 0.05) is 39.1 Å². The average molecular weight is 191 g/mol. The van der Waals surface area contributed by atoms with Gasteiger partial charge in [0.05, 0.1) is 0 Å². The number of esters is 1. The Kier molecular flexibility index (Phi) is 20.8. The Hall–Kier alpha value is 0.574. The topological polar surface area (TPSA) is 26.3 Å². The zero-order valence-electron chi connectivity index (χ0n) is 5.31. The van der Waals surface area contributed by atoms with Crippen LogP contribution in [-0.4, -0.2) is 5.97 Å². The van der Waals surface area contributed by atoms with E-state index >= 15 is 0 Å². The van der Waals surface area contributed by atoms with Crippen molar-refractivity contribution >= 4 is 5.97 Å². The molecule has 0 amide bonds. The summed E-state index contributed by atoms with van der Waals surface area (Å²) in [5.41, 5.74) is 0. The normalized spacial score (nSPS) is 5.75. The van der Waals surface area contributed by atoms with E-state index in [1.807, 2.05) is 0 Å². The fourth-order valence-electron chi connectivity index (χ4n) is 0.102. The molecule has 0 saturated carbocycles. The maximum absolute atomic E-state index is 9.90. The summed E-state index contributed by atoms with van der Waals surface area (Å²) in [5.74, 6) is -0.269. The van der Waals surface area contributed by atoms with Gasteiger partial charge in [0.15, 0.2) is 0 Å². The molecule has 1 radical (unpaired) electrons. The van der Waals surface area contributed by atoms with Gasteiger partial charge >= 0.3 is 0 Å². The van der Waals surface area contributed by atoms with Gasteiger partial charge in [-0.3, -0.25) is 4.79 Å². The van der Waals surface area contributed by atoms with Gasteiger partial charge < -0.3 is 12.2 Å². The molecule has 0 saturated heterocycles. The van der Waals surface area contributed by atoms with Gasteiger partial charge in [-0.2, -0.15) is 7.11 Å². The van der Waals surface area contributed by atoms with Crippen LogP contribution in [0.1, 0.15) is 13.3 Å². The molecule has 0 unspecified atom stereocenters. The molecule has 0 rings (SSSR count). The summed E-state index contributed by atoms with van der Waals surface area (Å²) in [7, 11) is 2.91. The molecule has 0 spiro atoms. The van der Waals surface area contributed by atoms with Crippen molar-refractivity contribution in [3.05, 3.63) is 14.5 Å². The summed E-state index contributed by atoms with van der Waals surface area (Å²) < 4.78 is 4.01. The molecular formula is C5H10O2Y-2. The molecule has 0 aromatic heterocycles. The van der Waals surface area contributed by atoms with Gasteiger partial charge in [0.25, 0.3) is 5.97 Å². The quantitative estimate of drug-likeness (QED) is 0.459. The molecule has 0 aliphatic heterocycles. The van der Waals surface area contributed by atoms with Crippen LogP contribution in [0.2, 0.25) is 0 Å². The standard InChI is InChI=1S/C4H7O2.CH3.Y/c1-3-4(5)6-2;;/h2-3H2,1H3;1H3;/q2*-1;. The van der Waals surface area contributed by atoms with Gasteiger partial charge in [-0.25, -0.2) is 0 Å². The van der Waals surface area contributed by atoms with E-state index in [1.165, 1.54) is 0 Å². The number of hydrogen-bond donors (Lipinski definition) is 0. The van der Waals surface area contributed by atoms with Gasteiger partial charge in [-0.05, 0) is 0 Å². The van der Waals surface area contributed by atoms with Crippen molar-refractivity contribution in [2.24, 2.45) is 0 Å². The molecule has 0 atom stereocenters. The zero-order valence-corrected chi connectivity index (χ0v) is 8.15. The molecule has 8 heavy (non-hydrogen) atoms. The molecule has 0 fully saturated rings.